The number of benzene rings is 1. The van der Waals surface area contributed by atoms with E-state index >= 15 is 0 Å². The molecule has 1 fully saturated rings. The summed E-state index contributed by atoms with van der Waals surface area (Å²) in [6.45, 7) is 2.15. The van der Waals surface area contributed by atoms with Gasteiger partial charge in [-0.25, -0.2) is 9.50 Å². The fourth-order valence-corrected chi connectivity index (χ4v) is 3.70. The number of nitrogens with one attached hydrogen (secondary N) is 1. The molecule has 0 aliphatic heterocycles. The van der Waals surface area contributed by atoms with Gasteiger partial charge < -0.3 is 16.8 Å². The SMILES string of the molecule is CCc1ccc(Nc2cc(N)nn3cc(C4CCC(N)CC4)nc23)cc1. The van der Waals surface area contributed by atoms with Crippen molar-refractivity contribution in [2.24, 2.45) is 5.73 Å². The maximum Gasteiger partial charge on any atom is 0.177 e. The van der Waals surface area contributed by atoms with Gasteiger partial charge in [0.2, 0.25) is 0 Å². The molecule has 2 heterocycles. The Bertz CT molecular complexity index is 891. The van der Waals surface area contributed by atoms with Crippen molar-refractivity contribution in [3.05, 3.63) is 47.8 Å². The van der Waals surface area contributed by atoms with Crippen molar-refractivity contribution in [2.45, 2.75) is 51.0 Å². The summed E-state index contributed by atoms with van der Waals surface area (Å²) in [5, 5.41) is 7.84. The fraction of sp³-hybridized carbons (Fsp3) is 0.400. The van der Waals surface area contributed by atoms with E-state index in [-0.39, 0.29) is 0 Å². The van der Waals surface area contributed by atoms with Crippen LogP contribution in [0.2, 0.25) is 0 Å². The van der Waals surface area contributed by atoms with Crippen LogP contribution >= 0.6 is 0 Å². The number of nitrogen functional groups attached to an aromatic ring is 1. The van der Waals surface area contributed by atoms with Gasteiger partial charge in [0, 0.05) is 23.7 Å². The van der Waals surface area contributed by atoms with E-state index in [1.54, 1.807) is 4.52 Å². The quantitative estimate of drug-likeness (QED) is 0.668. The summed E-state index contributed by atoms with van der Waals surface area (Å²) in [4.78, 5) is 4.87. The van der Waals surface area contributed by atoms with Gasteiger partial charge in [0.05, 0.1) is 17.6 Å². The van der Waals surface area contributed by atoms with Gasteiger partial charge in [0.15, 0.2) is 5.65 Å². The van der Waals surface area contributed by atoms with Gasteiger partial charge in [-0.1, -0.05) is 19.1 Å². The number of hydrogen-bond acceptors (Lipinski definition) is 5. The number of fused-ring (bicyclic) bond motifs is 1. The first-order valence-corrected chi connectivity index (χ1v) is 9.39. The van der Waals surface area contributed by atoms with Crippen molar-refractivity contribution < 1.29 is 0 Å². The third-order valence-electron chi connectivity index (χ3n) is 5.29. The average Bonchev–Trinajstić information content (AvgIpc) is 3.07. The molecule has 3 aromatic rings. The minimum Gasteiger partial charge on any atom is -0.382 e. The van der Waals surface area contributed by atoms with Crippen LogP contribution in [0.4, 0.5) is 17.2 Å². The van der Waals surface area contributed by atoms with Crippen LogP contribution in [-0.4, -0.2) is 20.6 Å². The number of nitrogens with zero attached hydrogens (tertiary/aromatic N) is 3. The van der Waals surface area contributed by atoms with Crippen LogP contribution < -0.4 is 16.8 Å². The molecule has 0 unspecified atom stereocenters. The van der Waals surface area contributed by atoms with Crippen LogP contribution in [0.1, 0.15) is 49.8 Å². The predicted molar refractivity (Wildman–Crippen MR) is 106 cm³/mol. The monoisotopic (exact) mass is 350 g/mol. The lowest BCUT2D eigenvalue weighted by Crippen LogP contribution is -2.25. The zero-order valence-electron chi connectivity index (χ0n) is 15.2. The largest absolute Gasteiger partial charge is 0.382 e. The maximum absolute atomic E-state index is 6.04. The zero-order chi connectivity index (χ0) is 18.1. The van der Waals surface area contributed by atoms with Crippen molar-refractivity contribution in [1.29, 1.82) is 0 Å². The number of nitrogens with two attached hydrogens (primary N) is 2. The molecule has 1 aliphatic rings. The number of anilines is 3. The van der Waals surface area contributed by atoms with Gasteiger partial charge >= 0.3 is 0 Å². The molecule has 4 rings (SSSR count). The van der Waals surface area contributed by atoms with Crippen molar-refractivity contribution in [1.82, 2.24) is 14.6 Å². The molecule has 1 saturated carbocycles. The van der Waals surface area contributed by atoms with Crippen molar-refractivity contribution >= 4 is 22.8 Å². The third kappa shape index (κ3) is 3.37. The van der Waals surface area contributed by atoms with Gasteiger partial charge in [-0.2, -0.15) is 0 Å². The van der Waals surface area contributed by atoms with Gasteiger partial charge in [-0.15, -0.1) is 5.10 Å². The van der Waals surface area contributed by atoms with Crippen LogP contribution in [0.25, 0.3) is 5.65 Å². The summed E-state index contributed by atoms with van der Waals surface area (Å²) in [6, 6.07) is 10.6. The normalized spacial score (nSPS) is 20.4. The summed E-state index contributed by atoms with van der Waals surface area (Å²) in [5.74, 6) is 0.925. The second-order valence-corrected chi connectivity index (χ2v) is 7.20. The van der Waals surface area contributed by atoms with Gasteiger partial charge in [-0.3, -0.25) is 0 Å². The molecular formula is C20H26N6. The van der Waals surface area contributed by atoms with Crippen molar-refractivity contribution in [3.63, 3.8) is 0 Å². The fourth-order valence-electron chi connectivity index (χ4n) is 3.70. The van der Waals surface area contributed by atoms with Crippen LogP contribution in [-0.2, 0) is 6.42 Å². The molecule has 136 valence electrons. The molecule has 0 bridgehead atoms. The Balaban J connectivity index is 1.65. The molecule has 0 atom stereocenters. The highest BCUT2D eigenvalue weighted by atomic mass is 15.3. The second-order valence-electron chi connectivity index (χ2n) is 7.20. The summed E-state index contributed by atoms with van der Waals surface area (Å²) in [6.07, 6.45) is 7.33. The lowest BCUT2D eigenvalue weighted by Gasteiger charge is -2.24. The predicted octanol–water partition coefficient (Wildman–Crippen LogP) is 3.60. The molecule has 0 saturated heterocycles. The van der Waals surface area contributed by atoms with E-state index in [2.05, 4.69) is 41.6 Å². The zero-order valence-corrected chi connectivity index (χ0v) is 15.2. The molecule has 6 nitrogen and oxygen atoms in total. The lowest BCUT2D eigenvalue weighted by atomic mass is 9.85. The van der Waals surface area contributed by atoms with Gasteiger partial charge in [0.25, 0.3) is 0 Å². The molecule has 2 aromatic heterocycles. The van der Waals surface area contributed by atoms with E-state index in [4.69, 9.17) is 16.5 Å². The standard InChI is InChI=1S/C20H26N6/c1-2-13-3-9-16(10-4-13)23-17-11-19(22)25-26-12-18(24-20(17)26)14-5-7-15(21)8-6-14/h3-4,9-12,14-15,23H,2,5-8,21H2,1H3,(H2,22,25). The Morgan fingerprint density at radius 1 is 1.15 bits per heavy atom. The first-order chi connectivity index (χ1) is 12.6. The maximum atomic E-state index is 6.04. The van der Waals surface area contributed by atoms with E-state index in [1.165, 1.54) is 5.56 Å². The molecule has 6 heteroatoms. The molecule has 0 spiro atoms. The van der Waals surface area contributed by atoms with Gasteiger partial charge in [0.1, 0.15) is 5.82 Å². The van der Waals surface area contributed by atoms with Crippen LogP contribution in [0.3, 0.4) is 0 Å². The molecule has 1 aliphatic carbocycles. The smallest absolute Gasteiger partial charge is 0.177 e. The van der Waals surface area contributed by atoms with Crippen LogP contribution in [0, 0.1) is 0 Å². The minimum atomic E-state index is 0.334. The molecule has 0 amide bonds. The number of hydrogen-bond donors (Lipinski definition) is 3. The molecule has 1 aromatic carbocycles. The average molecular weight is 350 g/mol. The van der Waals surface area contributed by atoms with Gasteiger partial charge in [-0.05, 0) is 49.8 Å². The molecule has 26 heavy (non-hydrogen) atoms. The highest BCUT2D eigenvalue weighted by Crippen LogP contribution is 2.33. The Labute approximate surface area is 153 Å². The number of aromatic nitrogens is 3. The Kier molecular flexibility index (Phi) is 4.51. The summed E-state index contributed by atoms with van der Waals surface area (Å²) < 4.78 is 1.79. The number of rotatable bonds is 4. The van der Waals surface area contributed by atoms with Crippen molar-refractivity contribution in [2.75, 3.05) is 11.1 Å². The molecular weight excluding hydrogens is 324 g/mol. The lowest BCUT2D eigenvalue weighted by molar-refractivity contribution is 0.391. The topological polar surface area (TPSA) is 94.3 Å². The van der Waals surface area contributed by atoms with Crippen LogP contribution in [0.5, 0.6) is 0 Å². The molecule has 0 radical (unpaired) electrons. The first kappa shape index (κ1) is 16.8. The highest BCUT2D eigenvalue weighted by molar-refractivity contribution is 5.75. The number of imidazole rings is 1. The van der Waals surface area contributed by atoms with E-state index in [1.807, 2.05) is 12.3 Å². The Hall–Kier alpha value is -2.60. The summed E-state index contributed by atoms with van der Waals surface area (Å²) >= 11 is 0. The summed E-state index contributed by atoms with van der Waals surface area (Å²) in [5.41, 5.74) is 17.1. The first-order valence-electron chi connectivity index (χ1n) is 9.39. The van der Waals surface area contributed by atoms with Crippen molar-refractivity contribution in [3.8, 4) is 0 Å². The van der Waals surface area contributed by atoms with Crippen LogP contribution in [0.15, 0.2) is 36.5 Å². The van der Waals surface area contributed by atoms with E-state index < -0.39 is 0 Å². The van der Waals surface area contributed by atoms with E-state index in [9.17, 15) is 0 Å². The summed E-state index contributed by atoms with van der Waals surface area (Å²) in [7, 11) is 0. The second kappa shape index (κ2) is 6.96. The van der Waals surface area contributed by atoms with E-state index in [0.29, 0.717) is 17.8 Å². The minimum absolute atomic E-state index is 0.334. The van der Waals surface area contributed by atoms with E-state index in [0.717, 1.165) is 54.8 Å². The highest BCUT2D eigenvalue weighted by Gasteiger charge is 2.23. The number of aryl methyl sites for hydroxylation is 1. The Morgan fingerprint density at radius 3 is 2.58 bits per heavy atom. The Morgan fingerprint density at radius 2 is 1.88 bits per heavy atom. The third-order valence-corrected chi connectivity index (χ3v) is 5.29. The molecule has 5 N–H and O–H groups in total.